The van der Waals surface area contributed by atoms with Gasteiger partial charge in [-0.3, -0.25) is 10.1 Å². The molecule has 27 heavy (non-hydrogen) atoms. The number of hydrogen-bond donors (Lipinski definition) is 2. The SMILES string of the molecule is O=C(Nc1nccs1)NC1CCC(n2nc(-n3cncn3)ccc2=O)CC1. The lowest BCUT2D eigenvalue weighted by molar-refractivity contribution is 0.234. The fraction of sp³-hybridized carbons (Fsp3) is 0.375. The van der Waals surface area contributed by atoms with Crippen molar-refractivity contribution in [2.45, 2.75) is 37.8 Å². The van der Waals surface area contributed by atoms with Gasteiger partial charge in [0.1, 0.15) is 12.7 Å². The molecule has 0 bridgehead atoms. The molecule has 10 nitrogen and oxygen atoms in total. The number of anilines is 1. The van der Waals surface area contributed by atoms with Crippen LogP contribution in [0.25, 0.3) is 5.82 Å². The number of nitrogens with zero attached hydrogens (tertiary/aromatic N) is 6. The summed E-state index contributed by atoms with van der Waals surface area (Å²) in [5.74, 6) is 0.551. The van der Waals surface area contributed by atoms with Gasteiger partial charge in [-0.15, -0.1) is 16.4 Å². The molecule has 1 aliphatic rings. The molecule has 3 aromatic heterocycles. The molecular weight excluding hydrogens is 368 g/mol. The normalized spacial score (nSPS) is 19.6. The van der Waals surface area contributed by atoms with Gasteiger partial charge in [0.2, 0.25) is 0 Å². The Morgan fingerprint density at radius 2 is 2.07 bits per heavy atom. The molecule has 11 heteroatoms. The summed E-state index contributed by atoms with van der Waals surface area (Å²) in [6.45, 7) is 0. The summed E-state index contributed by atoms with van der Waals surface area (Å²) in [4.78, 5) is 32.2. The van der Waals surface area contributed by atoms with E-state index in [9.17, 15) is 9.59 Å². The highest BCUT2D eigenvalue weighted by Gasteiger charge is 2.25. The number of rotatable bonds is 4. The molecule has 3 heterocycles. The lowest BCUT2D eigenvalue weighted by atomic mass is 9.91. The molecule has 4 rings (SSSR count). The van der Waals surface area contributed by atoms with Crippen LogP contribution >= 0.6 is 11.3 Å². The Morgan fingerprint density at radius 3 is 2.78 bits per heavy atom. The number of aromatic nitrogens is 6. The first kappa shape index (κ1) is 17.3. The van der Waals surface area contributed by atoms with Crippen LogP contribution in [0.5, 0.6) is 0 Å². The molecule has 0 aliphatic heterocycles. The largest absolute Gasteiger partial charge is 0.335 e. The van der Waals surface area contributed by atoms with Crippen LogP contribution in [0.4, 0.5) is 9.93 Å². The minimum absolute atomic E-state index is 0.000968. The molecule has 2 amide bonds. The first-order valence-corrected chi connectivity index (χ1v) is 9.49. The molecule has 0 spiro atoms. The number of amides is 2. The molecule has 0 saturated heterocycles. The molecule has 0 aromatic carbocycles. The van der Waals surface area contributed by atoms with Crippen LogP contribution in [0.2, 0.25) is 0 Å². The highest BCUT2D eigenvalue weighted by atomic mass is 32.1. The zero-order chi connectivity index (χ0) is 18.6. The molecule has 3 aromatic rings. The van der Waals surface area contributed by atoms with Crippen molar-refractivity contribution in [1.29, 1.82) is 0 Å². The van der Waals surface area contributed by atoms with Crippen molar-refractivity contribution in [2.24, 2.45) is 0 Å². The maximum Gasteiger partial charge on any atom is 0.321 e. The van der Waals surface area contributed by atoms with Crippen LogP contribution in [0, 0.1) is 0 Å². The summed E-state index contributed by atoms with van der Waals surface area (Å²) in [7, 11) is 0. The average molecular weight is 386 g/mol. The third-order valence-corrected chi connectivity index (χ3v) is 5.18. The standard InChI is InChI=1S/C16H18N8O2S/c25-14-6-5-13(23-10-17-9-19-23)22-24(14)12-3-1-11(2-4-12)20-15(26)21-16-18-7-8-27-16/h5-12H,1-4H2,(H2,18,20,21,26). The lowest BCUT2D eigenvalue weighted by Crippen LogP contribution is -2.41. The van der Waals surface area contributed by atoms with Crippen molar-refractivity contribution in [3.8, 4) is 5.82 Å². The fourth-order valence-corrected chi connectivity index (χ4v) is 3.72. The molecule has 0 unspecified atom stereocenters. The maximum absolute atomic E-state index is 12.2. The average Bonchev–Trinajstić information content (AvgIpc) is 3.37. The predicted molar refractivity (Wildman–Crippen MR) is 99.0 cm³/mol. The van der Waals surface area contributed by atoms with E-state index in [1.54, 1.807) is 24.0 Å². The van der Waals surface area contributed by atoms with Gasteiger partial charge in [0.15, 0.2) is 10.9 Å². The molecule has 1 fully saturated rings. The number of carbonyl (C=O) groups is 1. The predicted octanol–water partition coefficient (Wildman–Crippen LogP) is 1.59. The zero-order valence-electron chi connectivity index (χ0n) is 14.4. The van der Waals surface area contributed by atoms with E-state index >= 15 is 0 Å². The van der Waals surface area contributed by atoms with Gasteiger partial charge in [-0.05, 0) is 31.7 Å². The summed E-state index contributed by atoms with van der Waals surface area (Å²) >= 11 is 1.37. The van der Waals surface area contributed by atoms with Crippen molar-refractivity contribution in [3.63, 3.8) is 0 Å². The van der Waals surface area contributed by atoms with Gasteiger partial charge >= 0.3 is 6.03 Å². The highest BCUT2D eigenvalue weighted by Crippen LogP contribution is 2.27. The van der Waals surface area contributed by atoms with E-state index in [4.69, 9.17) is 0 Å². The Bertz CT molecular complexity index is 945. The molecule has 140 valence electrons. The number of urea groups is 1. The topological polar surface area (TPSA) is 120 Å². The van der Waals surface area contributed by atoms with Crippen LogP contribution in [-0.2, 0) is 0 Å². The van der Waals surface area contributed by atoms with E-state index in [0.29, 0.717) is 10.9 Å². The van der Waals surface area contributed by atoms with Gasteiger partial charge in [0.25, 0.3) is 5.56 Å². The molecule has 1 saturated carbocycles. The van der Waals surface area contributed by atoms with E-state index < -0.39 is 0 Å². The lowest BCUT2D eigenvalue weighted by Gasteiger charge is -2.29. The van der Waals surface area contributed by atoms with Crippen LogP contribution in [-0.4, -0.2) is 41.6 Å². The van der Waals surface area contributed by atoms with Gasteiger partial charge in [-0.1, -0.05) is 0 Å². The van der Waals surface area contributed by atoms with E-state index in [1.165, 1.54) is 33.1 Å². The number of nitrogens with one attached hydrogen (secondary N) is 2. The van der Waals surface area contributed by atoms with Crippen LogP contribution in [0.15, 0.2) is 41.2 Å². The Hall–Kier alpha value is -3.08. The Balaban J connectivity index is 1.37. The number of carbonyl (C=O) groups excluding carboxylic acids is 1. The van der Waals surface area contributed by atoms with Crippen molar-refractivity contribution >= 4 is 22.5 Å². The van der Waals surface area contributed by atoms with Crippen LogP contribution < -0.4 is 16.2 Å². The quantitative estimate of drug-likeness (QED) is 0.703. The molecular formula is C16H18N8O2S. The van der Waals surface area contributed by atoms with Gasteiger partial charge < -0.3 is 5.32 Å². The second-order valence-electron chi connectivity index (χ2n) is 6.26. The Kier molecular flexibility index (Phi) is 4.92. The third-order valence-electron chi connectivity index (χ3n) is 4.50. The van der Waals surface area contributed by atoms with Crippen molar-refractivity contribution in [1.82, 2.24) is 34.8 Å². The van der Waals surface area contributed by atoms with Gasteiger partial charge in [0, 0.05) is 23.7 Å². The summed E-state index contributed by atoms with van der Waals surface area (Å²) in [6, 6.07) is 2.94. The van der Waals surface area contributed by atoms with Gasteiger partial charge in [-0.25, -0.2) is 24.1 Å². The van der Waals surface area contributed by atoms with E-state index in [2.05, 4.69) is 30.8 Å². The molecule has 2 N–H and O–H groups in total. The summed E-state index contributed by atoms with van der Waals surface area (Å²) in [5.41, 5.74) is -0.142. The van der Waals surface area contributed by atoms with Crippen molar-refractivity contribution in [2.75, 3.05) is 5.32 Å². The minimum atomic E-state index is -0.253. The Labute approximate surface area is 158 Å². The first-order chi connectivity index (χ1) is 13.2. The third kappa shape index (κ3) is 4.03. The summed E-state index contributed by atoms with van der Waals surface area (Å²) < 4.78 is 3.04. The summed E-state index contributed by atoms with van der Waals surface area (Å²) in [6.07, 6.45) is 7.68. The highest BCUT2D eigenvalue weighted by molar-refractivity contribution is 7.13. The first-order valence-electron chi connectivity index (χ1n) is 8.61. The summed E-state index contributed by atoms with van der Waals surface area (Å²) in [5, 5.41) is 16.5. The van der Waals surface area contributed by atoms with E-state index in [1.807, 2.05) is 0 Å². The van der Waals surface area contributed by atoms with Gasteiger partial charge in [0.05, 0.1) is 6.04 Å². The second-order valence-corrected chi connectivity index (χ2v) is 7.15. The monoisotopic (exact) mass is 386 g/mol. The second kappa shape index (κ2) is 7.66. The van der Waals surface area contributed by atoms with Crippen molar-refractivity contribution in [3.05, 3.63) is 46.7 Å². The van der Waals surface area contributed by atoms with Crippen LogP contribution in [0.1, 0.15) is 31.7 Å². The van der Waals surface area contributed by atoms with Crippen molar-refractivity contribution < 1.29 is 4.79 Å². The van der Waals surface area contributed by atoms with E-state index in [-0.39, 0.29) is 23.7 Å². The van der Waals surface area contributed by atoms with Gasteiger partial charge in [-0.2, -0.15) is 5.10 Å². The maximum atomic E-state index is 12.2. The van der Waals surface area contributed by atoms with E-state index in [0.717, 1.165) is 25.7 Å². The fourth-order valence-electron chi connectivity index (χ4n) is 3.19. The van der Waals surface area contributed by atoms with Crippen LogP contribution in [0.3, 0.4) is 0 Å². The minimum Gasteiger partial charge on any atom is -0.335 e. The molecule has 0 atom stereocenters. The Morgan fingerprint density at radius 1 is 1.22 bits per heavy atom. The number of hydrogen-bond acceptors (Lipinski definition) is 7. The smallest absolute Gasteiger partial charge is 0.321 e. The zero-order valence-corrected chi connectivity index (χ0v) is 15.2. The molecule has 1 aliphatic carbocycles. The number of thiazole rings is 1. The molecule has 0 radical (unpaired) electrons.